The molecule has 0 bridgehead atoms. The first-order chi connectivity index (χ1) is 9.04. The number of benzene rings is 1. The van der Waals surface area contributed by atoms with Gasteiger partial charge in [0.15, 0.2) is 5.82 Å². The van der Waals surface area contributed by atoms with Gasteiger partial charge in [-0.05, 0) is 18.6 Å². The van der Waals surface area contributed by atoms with E-state index < -0.39 is 10.6 Å². The first-order valence-electron chi connectivity index (χ1n) is 5.72. The molecule has 1 aromatic carbocycles. The van der Waals surface area contributed by atoms with Gasteiger partial charge in [-0.3, -0.25) is 10.1 Å². The number of nitrogens with zero attached hydrogens (tertiary/aromatic N) is 3. The zero-order valence-electron chi connectivity index (χ0n) is 10.2. The zero-order valence-corrected chi connectivity index (χ0v) is 10.2. The fourth-order valence-electron chi connectivity index (χ4n) is 1.71. The molecule has 0 radical (unpaired) electrons. The third-order valence-corrected chi connectivity index (χ3v) is 2.79. The molecule has 0 fully saturated rings. The molecule has 19 heavy (non-hydrogen) atoms. The Labute approximate surface area is 108 Å². The summed E-state index contributed by atoms with van der Waals surface area (Å²) in [5, 5.41) is 16.8. The van der Waals surface area contributed by atoms with E-state index in [4.69, 9.17) is 5.73 Å². The van der Waals surface area contributed by atoms with E-state index in [-0.39, 0.29) is 11.7 Å². The van der Waals surface area contributed by atoms with Crippen LogP contribution in [0.25, 0.3) is 5.69 Å². The molecular weight excluding hydrogens is 250 g/mol. The van der Waals surface area contributed by atoms with E-state index in [0.29, 0.717) is 17.9 Å². The summed E-state index contributed by atoms with van der Waals surface area (Å²) in [7, 11) is 0. The van der Waals surface area contributed by atoms with Crippen LogP contribution >= 0.6 is 0 Å². The predicted molar refractivity (Wildman–Crippen MR) is 68.1 cm³/mol. The van der Waals surface area contributed by atoms with E-state index in [1.807, 2.05) is 6.92 Å². The standard InChI is InChI=1S/C11H13N5O3/c1-2-9(12)10-13-14-11(17)15(10)7-3-5-8(6-4-7)16(18)19/h3-6,9H,2,12H2,1H3,(H,14,17)/t9-/m0/s1. The van der Waals surface area contributed by atoms with Crippen LogP contribution in [0.3, 0.4) is 0 Å². The van der Waals surface area contributed by atoms with E-state index in [0.717, 1.165) is 0 Å². The van der Waals surface area contributed by atoms with Crippen LogP contribution in [-0.2, 0) is 0 Å². The lowest BCUT2D eigenvalue weighted by Crippen LogP contribution is -2.21. The van der Waals surface area contributed by atoms with E-state index in [9.17, 15) is 14.9 Å². The molecule has 0 saturated carbocycles. The summed E-state index contributed by atoms with van der Waals surface area (Å²) in [6.07, 6.45) is 0.622. The van der Waals surface area contributed by atoms with Gasteiger partial charge in [-0.2, -0.15) is 5.10 Å². The third kappa shape index (κ3) is 2.38. The maximum Gasteiger partial charge on any atom is 0.347 e. The molecule has 1 atom stereocenters. The Morgan fingerprint density at radius 1 is 1.47 bits per heavy atom. The fraction of sp³-hybridized carbons (Fsp3) is 0.273. The van der Waals surface area contributed by atoms with Gasteiger partial charge in [0.05, 0.1) is 16.7 Å². The number of aromatic nitrogens is 3. The second kappa shape index (κ2) is 5.02. The second-order valence-corrected chi connectivity index (χ2v) is 4.01. The Bertz CT molecular complexity index is 643. The van der Waals surface area contributed by atoms with Crippen molar-refractivity contribution in [3.8, 4) is 5.69 Å². The van der Waals surface area contributed by atoms with Crippen molar-refractivity contribution in [3.05, 3.63) is 50.7 Å². The Morgan fingerprint density at radius 2 is 2.11 bits per heavy atom. The van der Waals surface area contributed by atoms with Gasteiger partial charge in [0.25, 0.3) is 5.69 Å². The number of nitro benzene ring substituents is 1. The molecular formula is C11H13N5O3. The van der Waals surface area contributed by atoms with Gasteiger partial charge in [0, 0.05) is 12.1 Å². The van der Waals surface area contributed by atoms with Crippen molar-refractivity contribution in [2.24, 2.45) is 5.73 Å². The van der Waals surface area contributed by atoms with Crippen molar-refractivity contribution in [1.29, 1.82) is 0 Å². The molecule has 8 heteroatoms. The Kier molecular flexibility index (Phi) is 3.43. The number of aromatic amines is 1. The van der Waals surface area contributed by atoms with Gasteiger partial charge in [-0.25, -0.2) is 14.5 Å². The molecule has 1 aromatic heterocycles. The van der Waals surface area contributed by atoms with Gasteiger partial charge in [-0.1, -0.05) is 6.92 Å². The second-order valence-electron chi connectivity index (χ2n) is 4.01. The molecule has 0 unspecified atom stereocenters. The molecule has 1 heterocycles. The first-order valence-corrected chi connectivity index (χ1v) is 5.72. The van der Waals surface area contributed by atoms with Crippen LogP contribution in [0.1, 0.15) is 25.2 Å². The van der Waals surface area contributed by atoms with Gasteiger partial charge < -0.3 is 5.73 Å². The topological polar surface area (TPSA) is 120 Å². The Morgan fingerprint density at radius 3 is 2.63 bits per heavy atom. The highest BCUT2D eigenvalue weighted by Crippen LogP contribution is 2.17. The minimum Gasteiger partial charge on any atom is -0.321 e. The van der Waals surface area contributed by atoms with Crippen LogP contribution < -0.4 is 11.4 Å². The highest BCUT2D eigenvalue weighted by atomic mass is 16.6. The summed E-state index contributed by atoms with van der Waals surface area (Å²) >= 11 is 0. The van der Waals surface area contributed by atoms with Gasteiger partial charge >= 0.3 is 5.69 Å². The maximum atomic E-state index is 11.7. The van der Waals surface area contributed by atoms with Gasteiger partial charge in [0.1, 0.15) is 0 Å². The summed E-state index contributed by atoms with van der Waals surface area (Å²) in [4.78, 5) is 21.8. The third-order valence-electron chi connectivity index (χ3n) is 2.79. The average molecular weight is 263 g/mol. The average Bonchev–Trinajstić information content (AvgIpc) is 2.80. The molecule has 3 N–H and O–H groups in total. The lowest BCUT2D eigenvalue weighted by Gasteiger charge is -2.10. The molecule has 2 rings (SSSR count). The number of nitrogens with one attached hydrogen (secondary N) is 1. The van der Waals surface area contributed by atoms with Crippen LogP contribution in [0, 0.1) is 10.1 Å². The van der Waals surface area contributed by atoms with Gasteiger partial charge in [-0.15, -0.1) is 0 Å². The van der Waals surface area contributed by atoms with E-state index in [2.05, 4.69) is 10.2 Å². The molecule has 2 aromatic rings. The lowest BCUT2D eigenvalue weighted by molar-refractivity contribution is -0.384. The van der Waals surface area contributed by atoms with Crippen LogP contribution in [-0.4, -0.2) is 19.7 Å². The summed E-state index contributed by atoms with van der Waals surface area (Å²) in [6, 6.07) is 5.25. The summed E-state index contributed by atoms with van der Waals surface area (Å²) in [5.74, 6) is 0.404. The number of rotatable bonds is 4. The van der Waals surface area contributed by atoms with Crippen LogP contribution in [0.2, 0.25) is 0 Å². The molecule has 0 saturated heterocycles. The Hall–Kier alpha value is -2.48. The van der Waals surface area contributed by atoms with Crippen molar-refractivity contribution in [2.45, 2.75) is 19.4 Å². The SMILES string of the molecule is CC[C@H](N)c1n[nH]c(=O)n1-c1ccc([N+](=O)[O-])cc1. The van der Waals surface area contributed by atoms with Crippen molar-refractivity contribution in [3.63, 3.8) is 0 Å². The van der Waals surface area contributed by atoms with Crippen LogP contribution in [0.4, 0.5) is 5.69 Å². The lowest BCUT2D eigenvalue weighted by atomic mass is 10.2. The van der Waals surface area contributed by atoms with Crippen molar-refractivity contribution in [1.82, 2.24) is 14.8 Å². The number of H-pyrrole nitrogens is 1. The molecule has 100 valence electrons. The number of hydrogen-bond acceptors (Lipinski definition) is 5. The number of nitro groups is 1. The maximum absolute atomic E-state index is 11.7. The smallest absolute Gasteiger partial charge is 0.321 e. The summed E-state index contributed by atoms with van der Waals surface area (Å²) in [6.45, 7) is 1.88. The quantitative estimate of drug-likeness (QED) is 0.626. The van der Waals surface area contributed by atoms with E-state index in [1.165, 1.54) is 28.8 Å². The molecule has 0 amide bonds. The molecule has 0 aliphatic heterocycles. The molecule has 0 aliphatic rings. The number of non-ortho nitro benzene ring substituents is 1. The summed E-state index contributed by atoms with van der Waals surface area (Å²) < 4.78 is 1.32. The Balaban J connectivity index is 2.49. The van der Waals surface area contributed by atoms with Crippen molar-refractivity contribution in [2.75, 3.05) is 0 Å². The fourth-order valence-corrected chi connectivity index (χ4v) is 1.71. The summed E-state index contributed by atoms with van der Waals surface area (Å²) in [5.41, 5.74) is 5.90. The van der Waals surface area contributed by atoms with Crippen LogP contribution in [0.15, 0.2) is 29.1 Å². The zero-order chi connectivity index (χ0) is 14.0. The highest BCUT2D eigenvalue weighted by Gasteiger charge is 2.16. The number of nitrogens with two attached hydrogens (primary N) is 1. The van der Waals surface area contributed by atoms with Crippen molar-refractivity contribution < 1.29 is 4.92 Å². The van der Waals surface area contributed by atoms with Crippen molar-refractivity contribution >= 4 is 5.69 Å². The minimum absolute atomic E-state index is 0.0402. The monoisotopic (exact) mass is 263 g/mol. The largest absolute Gasteiger partial charge is 0.347 e. The number of hydrogen-bond donors (Lipinski definition) is 2. The van der Waals surface area contributed by atoms with Crippen LogP contribution in [0.5, 0.6) is 0 Å². The van der Waals surface area contributed by atoms with E-state index in [1.54, 1.807) is 0 Å². The molecule has 0 aliphatic carbocycles. The predicted octanol–water partition coefficient (Wildman–Crippen LogP) is 0.879. The first kappa shape index (κ1) is 13.0. The molecule has 8 nitrogen and oxygen atoms in total. The normalized spacial score (nSPS) is 12.3. The van der Waals surface area contributed by atoms with Gasteiger partial charge in [0.2, 0.25) is 0 Å². The van der Waals surface area contributed by atoms with E-state index >= 15 is 0 Å². The highest BCUT2D eigenvalue weighted by molar-refractivity contribution is 5.41. The minimum atomic E-state index is -0.499. The molecule has 0 spiro atoms.